The number of nitrogens with one attached hydrogen (secondary N) is 2. The van der Waals surface area contributed by atoms with Crippen LogP contribution in [0.5, 0.6) is 0 Å². The van der Waals surface area contributed by atoms with Crippen molar-refractivity contribution in [2.75, 3.05) is 13.2 Å². The largest absolute Gasteiger partial charge is 0.394 e. The molecule has 0 saturated carbocycles. The average molecular weight is 424 g/mol. The van der Waals surface area contributed by atoms with Crippen molar-refractivity contribution < 1.29 is 54.4 Å². The Morgan fingerprint density at radius 2 is 1.38 bits per heavy atom. The second-order valence-electron chi connectivity index (χ2n) is 7.00. The summed E-state index contributed by atoms with van der Waals surface area (Å²) in [6.45, 7) is 0.962. The van der Waals surface area contributed by atoms with Gasteiger partial charge in [-0.2, -0.15) is 0 Å². The Morgan fingerprint density at radius 3 is 1.90 bits per heavy atom. The summed E-state index contributed by atoms with van der Waals surface area (Å²) in [5.74, 6) is -1.14. The SMILES string of the molecule is CC(=O)N[C@@H]1[C@H](O[C@H]2[C@H](O)[C@@H](NC(C)=O)[C@H](O)O[C@@H]2CO)O[C@H](CO)[C@@H](O)[C@@H]1O. The molecule has 13 nitrogen and oxygen atoms in total. The first kappa shape index (κ1) is 23.9. The smallest absolute Gasteiger partial charge is 0.217 e. The van der Waals surface area contributed by atoms with E-state index in [0.717, 1.165) is 13.8 Å². The molecular formula is C16H28N2O11. The van der Waals surface area contributed by atoms with Crippen molar-refractivity contribution in [2.24, 2.45) is 0 Å². The Kier molecular flexibility index (Phi) is 8.28. The maximum atomic E-state index is 11.5. The molecule has 0 aromatic rings. The van der Waals surface area contributed by atoms with E-state index in [2.05, 4.69) is 10.6 Å². The van der Waals surface area contributed by atoms with Gasteiger partial charge in [0, 0.05) is 13.8 Å². The summed E-state index contributed by atoms with van der Waals surface area (Å²) in [6.07, 6.45) is -11.7. The number of carbonyl (C=O) groups excluding carboxylic acids is 2. The van der Waals surface area contributed by atoms with Crippen LogP contribution in [0.2, 0.25) is 0 Å². The van der Waals surface area contributed by atoms with Gasteiger partial charge in [-0.25, -0.2) is 0 Å². The van der Waals surface area contributed by atoms with Crippen LogP contribution in [0.1, 0.15) is 13.8 Å². The van der Waals surface area contributed by atoms with Crippen LogP contribution in [-0.4, -0.2) is 117 Å². The van der Waals surface area contributed by atoms with Gasteiger partial charge in [-0.05, 0) is 0 Å². The second kappa shape index (κ2) is 10.1. The number of aliphatic hydroxyl groups excluding tert-OH is 6. The Labute approximate surface area is 166 Å². The molecule has 168 valence electrons. The van der Waals surface area contributed by atoms with E-state index in [1.54, 1.807) is 0 Å². The molecule has 10 atom stereocenters. The minimum absolute atomic E-state index is 0.568. The van der Waals surface area contributed by atoms with E-state index >= 15 is 0 Å². The van der Waals surface area contributed by atoms with Crippen LogP contribution < -0.4 is 10.6 Å². The third kappa shape index (κ3) is 5.39. The monoisotopic (exact) mass is 424 g/mol. The van der Waals surface area contributed by atoms with Gasteiger partial charge in [-0.3, -0.25) is 9.59 Å². The van der Waals surface area contributed by atoms with Crippen LogP contribution in [-0.2, 0) is 23.8 Å². The van der Waals surface area contributed by atoms with Crippen LogP contribution in [0, 0.1) is 0 Å². The summed E-state index contributed by atoms with van der Waals surface area (Å²) >= 11 is 0. The van der Waals surface area contributed by atoms with Crippen molar-refractivity contribution >= 4 is 11.8 Å². The van der Waals surface area contributed by atoms with Crippen molar-refractivity contribution in [1.82, 2.24) is 10.6 Å². The van der Waals surface area contributed by atoms with E-state index in [1.807, 2.05) is 0 Å². The molecule has 0 spiro atoms. The van der Waals surface area contributed by atoms with Gasteiger partial charge in [0.15, 0.2) is 12.6 Å². The Hall–Kier alpha value is -1.42. The van der Waals surface area contributed by atoms with Crippen molar-refractivity contribution in [3.8, 4) is 0 Å². The first-order chi connectivity index (χ1) is 13.6. The minimum Gasteiger partial charge on any atom is -0.394 e. The number of rotatable bonds is 6. The normalized spacial score (nSPS) is 42.9. The fourth-order valence-electron chi connectivity index (χ4n) is 3.38. The molecule has 13 heteroatoms. The molecule has 2 heterocycles. The van der Waals surface area contributed by atoms with Crippen LogP contribution in [0.3, 0.4) is 0 Å². The lowest BCUT2D eigenvalue weighted by atomic mass is 9.94. The summed E-state index contributed by atoms with van der Waals surface area (Å²) in [6, 6.07) is -2.59. The molecule has 2 aliphatic rings. The summed E-state index contributed by atoms with van der Waals surface area (Å²) in [7, 11) is 0. The Balaban J connectivity index is 2.26. The van der Waals surface area contributed by atoms with Gasteiger partial charge < -0.3 is 55.5 Å². The molecule has 0 aromatic heterocycles. The maximum absolute atomic E-state index is 11.5. The highest BCUT2D eigenvalue weighted by Crippen LogP contribution is 2.28. The summed E-state index contributed by atoms with van der Waals surface area (Å²) in [4.78, 5) is 22.8. The minimum atomic E-state index is -1.64. The number of hydrogen-bond acceptors (Lipinski definition) is 11. The zero-order valence-corrected chi connectivity index (χ0v) is 15.9. The fourth-order valence-corrected chi connectivity index (χ4v) is 3.38. The Bertz CT molecular complexity index is 579. The molecular weight excluding hydrogens is 396 g/mol. The molecule has 2 fully saturated rings. The van der Waals surface area contributed by atoms with E-state index in [0.29, 0.717) is 0 Å². The van der Waals surface area contributed by atoms with E-state index in [-0.39, 0.29) is 0 Å². The molecule has 2 amide bonds. The van der Waals surface area contributed by atoms with E-state index in [1.165, 1.54) is 0 Å². The molecule has 2 aliphatic heterocycles. The highest BCUT2D eigenvalue weighted by Gasteiger charge is 2.51. The van der Waals surface area contributed by atoms with E-state index in [4.69, 9.17) is 14.2 Å². The van der Waals surface area contributed by atoms with Crippen LogP contribution in [0.15, 0.2) is 0 Å². The molecule has 0 bridgehead atoms. The third-order valence-corrected chi connectivity index (χ3v) is 4.78. The quantitative estimate of drug-likeness (QED) is 0.202. The van der Waals surface area contributed by atoms with Gasteiger partial charge in [0.1, 0.15) is 48.7 Å². The third-order valence-electron chi connectivity index (χ3n) is 4.78. The van der Waals surface area contributed by atoms with Gasteiger partial charge in [0.05, 0.1) is 13.2 Å². The topological polar surface area (TPSA) is 207 Å². The number of ether oxygens (including phenoxy) is 3. The molecule has 2 rings (SSSR count). The molecule has 0 radical (unpaired) electrons. The maximum Gasteiger partial charge on any atom is 0.217 e. The van der Waals surface area contributed by atoms with Gasteiger partial charge >= 0.3 is 0 Å². The first-order valence-corrected chi connectivity index (χ1v) is 9.05. The van der Waals surface area contributed by atoms with Crippen molar-refractivity contribution in [3.63, 3.8) is 0 Å². The van der Waals surface area contributed by atoms with E-state index in [9.17, 15) is 40.2 Å². The Morgan fingerprint density at radius 1 is 0.828 bits per heavy atom. The lowest BCUT2D eigenvalue weighted by molar-refractivity contribution is -0.327. The molecule has 29 heavy (non-hydrogen) atoms. The van der Waals surface area contributed by atoms with E-state index < -0.39 is 86.3 Å². The summed E-state index contributed by atoms with van der Waals surface area (Å²) in [5.41, 5.74) is 0. The first-order valence-electron chi connectivity index (χ1n) is 9.05. The van der Waals surface area contributed by atoms with Gasteiger partial charge in [-0.15, -0.1) is 0 Å². The highest BCUT2D eigenvalue weighted by atomic mass is 16.7. The number of carbonyl (C=O) groups is 2. The molecule has 8 N–H and O–H groups in total. The van der Waals surface area contributed by atoms with Crippen molar-refractivity contribution in [2.45, 2.75) is 75.1 Å². The second-order valence-corrected chi connectivity index (χ2v) is 7.00. The zero-order chi connectivity index (χ0) is 21.9. The summed E-state index contributed by atoms with van der Waals surface area (Å²) < 4.78 is 16.3. The van der Waals surface area contributed by atoms with Crippen molar-refractivity contribution in [3.05, 3.63) is 0 Å². The predicted octanol–water partition coefficient (Wildman–Crippen LogP) is -5.11. The predicted molar refractivity (Wildman–Crippen MR) is 91.8 cm³/mol. The fraction of sp³-hybridized carbons (Fsp3) is 0.875. The van der Waals surface area contributed by atoms with Crippen molar-refractivity contribution in [1.29, 1.82) is 0 Å². The molecule has 0 unspecified atom stereocenters. The van der Waals surface area contributed by atoms with Gasteiger partial charge in [0.25, 0.3) is 0 Å². The van der Waals surface area contributed by atoms with Crippen LogP contribution >= 0.6 is 0 Å². The average Bonchev–Trinajstić information content (AvgIpc) is 2.65. The zero-order valence-electron chi connectivity index (χ0n) is 15.9. The molecule has 2 saturated heterocycles. The molecule has 0 aromatic carbocycles. The lowest BCUT2D eigenvalue weighted by Gasteiger charge is -2.47. The van der Waals surface area contributed by atoms with Crippen LogP contribution in [0.4, 0.5) is 0 Å². The highest BCUT2D eigenvalue weighted by molar-refractivity contribution is 5.73. The number of hydrogen-bond donors (Lipinski definition) is 8. The molecule has 0 aliphatic carbocycles. The van der Waals surface area contributed by atoms with Gasteiger partial charge in [0.2, 0.25) is 11.8 Å². The lowest BCUT2D eigenvalue weighted by Crippen LogP contribution is -2.69. The number of aliphatic hydroxyl groups is 6. The standard InChI is InChI=1S/C16H28N2O11/c1-5(21)17-9-13(25)14(8(4-20)27-15(9)26)29-16-10(18-6(2)22)12(24)11(23)7(3-19)28-16/h7-16,19-20,23-26H,3-4H2,1-2H3,(H,17,21)(H,18,22)/t7-,8-,9-,10+,11-,12-,13-,14-,15-,16+/m1/s1. The van der Waals surface area contributed by atoms with Gasteiger partial charge in [-0.1, -0.05) is 0 Å². The van der Waals surface area contributed by atoms with Crippen LogP contribution in [0.25, 0.3) is 0 Å². The number of amides is 2. The summed E-state index contributed by atoms with van der Waals surface area (Å²) in [5, 5.41) is 64.5.